The summed E-state index contributed by atoms with van der Waals surface area (Å²) in [5.41, 5.74) is -0.116. The molecule has 0 atom stereocenters. The lowest BCUT2D eigenvalue weighted by atomic mass is 9.94. The molecular weight excluding hydrogens is 250 g/mol. The van der Waals surface area contributed by atoms with E-state index in [0.29, 0.717) is 17.9 Å². The zero-order valence-electron chi connectivity index (χ0n) is 11.4. The van der Waals surface area contributed by atoms with E-state index in [0.717, 1.165) is 0 Å². The molecule has 7 nitrogen and oxygen atoms in total. The summed E-state index contributed by atoms with van der Waals surface area (Å²) >= 11 is 0. The Kier molecular flexibility index (Phi) is 4.42. The standard InChI is InChI=1S/C12H17N3O4/c1-8-5-9(15(17)18)6-13-10(8)14-7-12(2,3)11(16)19-4/h5-6H,7H2,1-4H3,(H,13,14). The molecule has 1 aromatic heterocycles. The van der Waals surface area contributed by atoms with Crippen LogP contribution in [-0.4, -0.2) is 29.5 Å². The lowest BCUT2D eigenvalue weighted by Gasteiger charge is -2.22. The second-order valence-electron chi connectivity index (χ2n) is 4.85. The Morgan fingerprint density at radius 3 is 2.68 bits per heavy atom. The van der Waals surface area contributed by atoms with Crippen LogP contribution in [0.4, 0.5) is 11.5 Å². The zero-order valence-corrected chi connectivity index (χ0v) is 11.4. The molecule has 0 aliphatic rings. The lowest BCUT2D eigenvalue weighted by Crippen LogP contribution is -2.33. The maximum Gasteiger partial charge on any atom is 0.313 e. The average Bonchev–Trinajstić information content (AvgIpc) is 2.36. The van der Waals surface area contributed by atoms with Crippen LogP contribution in [0, 0.1) is 22.5 Å². The SMILES string of the molecule is COC(=O)C(C)(C)CNc1ncc([N+](=O)[O-])cc1C. The predicted molar refractivity (Wildman–Crippen MR) is 69.9 cm³/mol. The third kappa shape index (κ3) is 3.64. The number of anilines is 1. The van der Waals surface area contributed by atoms with Crippen molar-refractivity contribution in [1.29, 1.82) is 0 Å². The van der Waals surface area contributed by atoms with E-state index < -0.39 is 10.3 Å². The Hall–Kier alpha value is -2.18. The fraction of sp³-hybridized carbons (Fsp3) is 0.500. The van der Waals surface area contributed by atoms with Gasteiger partial charge < -0.3 is 10.1 Å². The lowest BCUT2D eigenvalue weighted by molar-refractivity contribution is -0.385. The van der Waals surface area contributed by atoms with Gasteiger partial charge in [-0.05, 0) is 26.3 Å². The van der Waals surface area contributed by atoms with E-state index in [9.17, 15) is 14.9 Å². The smallest absolute Gasteiger partial charge is 0.313 e. The Bertz CT molecular complexity index is 500. The molecule has 19 heavy (non-hydrogen) atoms. The van der Waals surface area contributed by atoms with E-state index in [-0.39, 0.29) is 11.7 Å². The molecule has 0 fully saturated rings. The molecule has 7 heteroatoms. The number of nitrogens with one attached hydrogen (secondary N) is 1. The molecule has 1 aromatic rings. The van der Waals surface area contributed by atoms with Crippen LogP contribution in [0.3, 0.4) is 0 Å². The number of ether oxygens (including phenoxy) is 1. The maximum absolute atomic E-state index is 11.5. The monoisotopic (exact) mass is 267 g/mol. The second-order valence-corrected chi connectivity index (χ2v) is 4.85. The first kappa shape index (κ1) is 14.9. The van der Waals surface area contributed by atoms with E-state index in [1.54, 1.807) is 20.8 Å². The molecule has 1 heterocycles. The third-order valence-electron chi connectivity index (χ3n) is 2.71. The zero-order chi connectivity index (χ0) is 14.6. The van der Waals surface area contributed by atoms with Crippen LogP contribution in [0.15, 0.2) is 12.3 Å². The van der Waals surface area contributed by atoms with Crippen LogP contribution in [0.25, 0.3) is 0 Å². The van der Waals surface area contributed by atoms with Gasteiger partial charge in [0.1, 0.15) is 12.0 Å². The van der Waals surface area contributed by atoms with E-state index >= 15 is 0 Å². The molecule has 1 rings (SSSR count). The van der Waals surface area contributed by atoms with Gasteiger partial charge in [-0.25, -0.2) is 4.98 Å². The number of aryl methyl sites for hydroxylation is 1. The van der Waals surface area contributed by atoms with Crippen LogP contribution in [-0.2, 0) is 9.53 Å². The van der Waals surface area contributed by atoms with Crippen LogP contribution in [0.5, 0.6) is 0 Å². The van der Waals surface area contributed by atoms with Gasteiger partial charge in [-0.1, -0.05) is 0 Å². The van der Waals surface area contributed by atoms with Gasteiger partial charge in [0.25, 0.3) is 5.69 Å². The van der Waals surface area contributed by atoms with Crippen molar-refractivity contribution in [2.24, 2.45) is 5.41 Å². The molecule has 0 amide bonds. The summed E-state index contributed by atoms with van der Waals surface area (Å²) in [4.78, 5) is 25.6. The van der Waals surface area contributed by atoms with Crippen molar-refractivity contribution in [3.63, 3.8) is 0 Å². The van der Waals surface area contributed by atoms with Crippen molar-refractivity contribution >= 4 is 17.5 Å². The summed E-state index contributed by atoms with van der Waals surface area (Å²) in [6.07, 6.45) is 1.18. The van der Waals surface area contributed by atoms with E-state index in [1.165, 1.54) is 19.4 Å². The average molecular weight is 267 g/mol. The van der Waals surface area contributed by atoms with Gasteiger partial charge in [-0.2, -0.15) is 0 Å². The van der Waals surface area contributed by atoms with Crippen molar-refractivity contribution in [2.75, 3.05) is 19.0 Å². The summed E-state index contributed by atoms with van der Waals surface area (Å²) in [6, 6.07) is 1.43. The number of nitro groups is 1. The highest BCUT2D eigenvalue weighted by Gasteiger charge is 2.28. The minimum absolute atomic E-state index is 0.0599. The molecular formula is C12H17N3O4. The van der Waals surface area contributed by atoms with Crippen molar-refractivity contribution in [3.05, 3.63) is 27.9 Å². The Morgan fingerprint density at radius 1 is 1.58 bits per heavy atom. The molecule has 0 aliphatic carbocycles. The summed E-state index contributed by atoms with van der Waals surface area (Å²) in [7, 11) is 1.33. The molecule has 0 saturated heterocycles. The third-order valence-corrected chi connectivity index (χ3v) is 2.71. The van der Waals surface area contributed by atoms with Gasteiger partial charge in [0.15, 0.2) is 0 Å². The first-order valence-corrected chi connectivity index (χ1v) is 5.71. The molecule has 0 aromatic carbocycles. The van der Waals surface area contributed by atoms with Gasteiger partial charge in [-0.3, -0.25) is 14.9 Å². The molecule has 0 aliphatic heterocycles. The molecule has 0 radical (unpaired) electrons. The Balaban J connectivity index is 2.79. The predicted octanol–water partition coefficient (Wildman–Crippen LogP) is 1.91. The fourth-order valence-electron chi connectivity index (χ4n) is 1.50. The summed E-state index contributed by atoms with van der Waals surface area (Å²) in [5, 5.41) is 13.6. The summed E-state index contributed by atoms with van der Waals surface area (Å²) in [6.45, 7) is 5.53. The van der Waals surface area contributed by atoms with E-state index in [1.807, 2.05) is 0 Å². The van der Waals surface area contributed by atoms with Crippen molar-refractivity contribution in [3.8, 4) is 0 Å². The number of aromatic nitrogens is 1. The highest BCUT2D eigenvalue weighted by atomic mass is 16.6. The largest absolute Gasteiger partial charge is 0.469 e. The molecule has 0 bridgehead atoms. The molecule has 0 unspecified atom stereocenters. The summed E-state index contributed by atoms with van der Waals surface area (Å²) in [5.74, 6) is 0.183. The number of esters is 1. The first-order chi connectivity index (χ1) is 8.77. The maximum atomic E-state index is 11.5. The van der Waals surface area contributed by atoms with Crippen LogP contribution in [0.2, 0.25) is 0 Å². The van der Waals surface area contributed by atoms with Gasteiger partial charge in [0.05, 0.1) is 17.4 Å². The molecule has 0 saturated carbocycles. The minimum Gasteiger partial charge on any atom is -0.469 e. The van der Waals surface area contributed by atoms with Crippen molar-refractivity contribution in [2.45, 2.75) is 20.8 Å². The highest BCUT2D eigenvalue weighted by molar-refractivity contribution is 5.76. The minimum atomic E-state index is -0.704. The molecule has 1 N–H and O–H groups in total. The number of methoxy groups -OCH3 is 1. The number of carbonyl (C=O) groups is 1. The number of nitrogens with zero attached hydrogens (tertiary/aromatic N) is 2. The first-order valence-electron chi connectivity index (χ1n) is 5.71. The van der Waals surface area contributed by atoms with E-state index in [4.69, 9.17) is 4.74 Å². The normalized spacial score (nSPS) is 10.9. The van der Waals surface area contributed by atoms with Crippen molar-refractivity contribution < 1.29 is 14.5 Å². The Morgan fingerprint density at radius 2 is 2.21 bits per heavy atom. The summed E-state index contributed by atoms with van der Waals surface area (Å²) < 4.78 is 4.70. The molecule has 104 valence electrons. The van der Waals surface area contributed by atoms with Crippen LogP contribution in [0.1, 0.15) is 19.4 Å². The quantitative estimate of drug-likeness (QED) is 0.497. The Labute approximate surface area is 111 Å². The second kappa shape index (κ2) is 5.64. The fourth-order valence-corrected chi connectivity index (χ4v) is 1.50. The number of hydrogen-bond acceptors (Lipinski definition) is 6. The van der Waals surface area contributed by atoms with E-state index in [2.05, 4.69) is 10.3 Å². The van der Waals surface area contributed by atoms with Crippen LogP contribution < -0.4 is 5.32 Å². The van der Waals surface area contributed by atoms with Gasteiger partial charge in [0.2, 0.25) is 0 Å². The number of hydrogen-bond donors (Lipinski definition) is 1. The number of rotatable bonds is 5. The highest BCUT2D eigenvalue weighted by Crippen LogP contribution is 2.21. The topological polar surface area (TPSA) is 94.4 Å². The number of pyridine rings is 1. The number of carbonyl (C=O) groups excluding carboxylic acids is 1. The molecule has 0 spiro atoms. The van der Waals surface area contributed by atoms with Gasteiger partial charge >= 0.3 is 5.97 Å². The van der Waals surface area contributed by atoms with Crippen LogP contribution >= 0.6 is 0 Å². The van der Waals surface area contributed by atoms with Gasteiger partial charge in [0, 0.05) is 12.6 Å². The van der Waals surface area contributed by atoms with Crippen molar-refractivity contribution in [1.82, 2.24) is 4.98 Å². The van der Waals surface area contributed by atoms with Gasteiger partial charge in [-0.15, -0.1) is 0 Å².